The molecule has 0 fully saturated rings. The zero-order valence-corrected chi connectivity index (χ0v) is 13.4. The first-order valence-electron chi connectivity index (χ1n) is 7.21. The number of aromatic nitrogens is 1. The van der Waals surface area contributed by atoms with Crippen LogP contribution in [0.4, 0.5) is 0 Å². The summed E-state index contributed by atoms with van der Waals surface area (Å²) < 4.78 is 10.7. The number of amides is 1. The van der Waals surface area contributed by atoms with Gasteiger partial charge in [0.05, 0.1) is 25.5 Å². The third-order valence-electron chi connectivity index (χ3n) is 3.04. The summed E-state index contributed by atoms with van der Waals surface area (Å²) in [5.74, 6) is 0.971. The van der Waals surface area contributed by atoms with Gasteiger partial charge in [-0.1, -0.05) is 0 Å². The summed E-state index contributed by atoms with van der Waals surface area (Å²) in [6.07, 6.45) is 3.05. The molecule has 0 aliphatic carbocycles. The van der Waals surface area contributed by atoms with Gasteiger partial charge >= 0.3 is 0 Å². The molecule has 0 saturated heterocycles. The lowest BCUT2D eigenvalue weighted by Crippen LogP contribution is -2.17. The largest absolute Gasteiger partial charge is 0.493 e. The SMILES string of the molecule is CCOc1ccc(/C=N\NC(=O)c2ccc(C)nc2)cc1OC. The molecule has 0 atom stereocenters. The van der Waals surface area contributed by atoms with Crippen LogP contribution >= 0.6 is 0 Å². The van der Waals surface area contributed by atoms with Gasteiger partial charge in [-0.05, 0) is 49.7 Å². The normalized spacial score (nSPS) is 10.6. The summed E-state index contributed by atoms with van der Waals surface area (Å²) in [5, 5.41) is 3.94. The molecule has 0 aliphatic heterocycles. The molecule has 0 unspecified atom stereocenters. The number of ether oxygens (including phenoxy) is 2. The zero-order chi connectivity index (χ0) is 16.7. The molecule has 23 heavy (non-hydrogen) atoms. The molecule has 120 valence electrons. The molecule has 0 bridgehead atoms. The van der Waals surface area contributed by atoms with Gasteiger partial charge in [-0.25, -0.2) is 5.43 Å². The van der Waals surface area contributed by atoms with Crippen LogP contribution in [0.5, 0.6) is 11.5 Å². The summed E-state index contributed by atoms with van der Waals surface area (Å²) in [6.45, 7) is 4.33. The van der Waals surface area contributed by atoms with E-state index in [4.69, 9.17) is 9.47 Å². The molecule has 0 aliphatic rings. The van der Waals surface area contributed by atoms with Gasteiger partial charge in [-0.15, -0.1) is 0 Å². The Morgan fingerprint density at radius 2 is 2.13 bits per heavy atom. The number of hydrogen-bond donors (Lipinski definition) is 1. The van der Waals surface area contributed by atoms with E-state index in [0.717, 1.165) is 11.3 Å². The number of aryl methyl sites for hydroxylation is 1. The molecule has 0 radical (unpaired) electrons. The number of rotatable bonds is 6. The fourth-order valence-corrected chi connectivity index (χ4v) is 1.87. The molecule has 1 heterocycles. The van der Waals surface area contributed by atoms with Gasteiger partial charge < -0.3 is 9.47 Å². The Balaban J connectivity index is 2.02. The van der Waals surface area contributed by atoms with Crippen molar-refractivity contribution in [3.05, 3.63) is 53.3 Å². The number of benzene rings is 1. The smallest absolute Gasteiger partial charge is 0.272 e. The molecule has 6 nitrogen and oxygen atoms in total. The van der Waals surface area contributed by atoms with Gasteiger partial charge in [0.2, 0.25) is 0 Å². The average Bonchev–Trinajstić information content (AvgIpc) is 2.56. The highest BCUT2D eigenvalue weighted by atomic mass is 16.5. The average molecular weight is 313 g/mol. The summed E-state index contributed by atoms with van der Waals surface area (Å²) in [5.41, 5.74) is 4.56. The highest BCUT2D eigenvalue weighted by Crippen LogP contribution is 2.27. The third kappa shape index (κ3) is 4.54. The van der Waals surface area contributed by atoms with Crippen LogP contribution in [0.3, 0.4) is 0 Å². The quantitative estimate of drug-likeness (QED) is 0.657. The number of pyridine rings is 1. The first-order chi connectivity index (χ1) is 11.1. The van der Waals surface area contributed by atoms with Crippen LogP contribution in [0.1, 0.15) is 28.5 Å². The molecule has 2 aromatic rings. The molecule has 1 N–H and O–H groups in total. The Labute approximate surface area is 135 Å². The van der Waals surface area contributed by atoms with E-state index >= 15 is 0 Å². The van der Waals surface area contributed by atoms with Crippen LogP contribution in [-0.2, 0) is 0 Å². The first kappa shape index (κ1) is 16.5. The number of carbonyl (C=O) groups excluding carboxylic acids is 1. The standard InChI is InChI=1S/C17H19N3O3/c1-4-23-15-8-6-13(9-16(15)22-3)10-19-20-17(21)14-7-5-12(2)18-11-14/h5-11H,4H2,1-3H3,(H,20,21)/b19-10-. The van der Waals surface area contributed by atoms with Crippen molar-refractivity contribution in [1.29, 1.82) is 0 Å². The second-order valence-corrected chi connectivity index (χ2v) is 4.73. The molecule has 6 heteroatoms. The van der Waals surface area contributed by atoms with Crippen LogP contribution in [0.2, 0.25) is 0 Å². The summed E-state index contributed by atoms with van der Waals surface area (Å²) in [4.78, 5) is 16.0. The van der Waals surface area contributed by atoms with E-state index in [9.17, 15) is 4.79 Å². The maximum absolute atomic E-state index is 11.9. The van der Waals surface area contributed by atoms with Gasteiger partial charge in [-0.2, -0.15) is 5.10 Å². The Kier molecular flexibility index (Phi) is 5.68. The van der Waals surface area contributed by atoms with E-state index in [2.05, 4.69) is 15.5 Å². The highest BCUT2D eigenvalue weighted by molar-refractivity contribution is 5.94. The predicted octanol–water partition coefficient (Wildman–Crippen LogP) is 2.56. The Bertz CT molecular complexity index is 697. The number of methoxy groups -OCH3 is 1. The monoisotopic (exact) mass is 313 g/mol. The predicted molar refractivity (Wildman–Crippen MR) is 88.2 cm³/mol. The summed E-state index contributed by atoms with van der Waals surface area (Å²) >= 11 is 0. The number of carbonyl (C=O) groups is 1. The van der Waals surface area contributed by atoms with Crippen molar-refractivity contribution in [3.8, 4) is 11.5 Å². The molecule has 0 spiro atoms. The summed E-state index contributed by atoms with van der Waals surface area (Å²) in [6, 6.07) is 8.89. The van der Waals surface area contributed by atoms with Crippen LogP contribution in [0.25, 0.3) is 0 Å². The Hall–Kier alpha value is -2.89. The van der Waals surface area contributed by atoms with E-state index in [1.165, 1.54) is 12.4 Å². The molecule has 1 aromatic heterocycles. The maximum Gasteiger partial charge on any atom is 0.272 e. The number of hydrogen-bond acceptors (Lipinski definition) is 5. The second-order valence-electron chi connectivity index (χ2n) is 4.73. The minimum atomic E-state index is -0.313. The van der Waals surface area contributed by atoms with Crippen molar-refractivity contribution in [2.75, 3.05) is 13.7 Å². The van der Waals surface area contributed by atoms with Crippen LogP contribution in [0.15, 0.2) is 41.6 Å². The third-order valence-corrected chi connectivity index (χ3v) is 3.04. The van der Waals surface area contributed by atoms with Gasteiger partial charge in [0.1, 0.15) is 0 Å². The van der Waals surface area contributed by atoms with E-state index in [1.807, 2.05) is 19.9 Å². The molecule has 0 saturated carbocycles. The molecular formula is C17H19N3O3. The van der Waals surface area contributed by atoms with Crippen molar-refractivity contribution in [2.45, 2.75) is 13.8 Å². The Morgan fingerprint density at radius 3 is 2.78 bits per heavy atom. The Morgan fingerprint density at radius 1 is 1.30 bits per heavy atom. The van der Waals surface area contributed by atoms with Crippen molar-refractivity contribution in [1.82, 2.24) is 10.4 Å². The molecular weight excluding hydrogens is 294 g/mol. The van der Waals surface area contributed by atoms with E-state index in [1.54, 1.807) is 31.4 Å². The lowest BCUT2D eigenvalue weighted by Gasteiger charge is -2.09. The lowest BCUT2D eigenvalue weighted by atomic mass is 10.2. The fourth-order valence-electron chi connectivity index (χ4n) is 1.87. The van der Waals surface area contributed by atoms with Crippen LogP contribution in [0, 0.1) is 6.92 Å². The molecule has 1 amide bonds. The van der Waals surface area contributed by atoms with Gasteiger partial charge in [0.25, 0.3) is 5.91 Å². The van der Waals surface area contributed by atoms with Gasteiger partial charge in [0.15, 0.2) is 11.5 Å². The van der Waals surface area contributed by atoms with Crippen molar-refractivity contribution >= 4 is 12.1 Å². The molecule has 2 rings (SSSR count). The van der Waals surface area contributed by atoms with Gasteiger partial charge in [0, 0.05) is 11.9 Å². The first-order valence-corrected chi connectivity index (χ1v) is 7.21. The fraction of sp³-hybridized carbons (Fsp3) is 0.235. The van der Waals surface area contributed by atoms with Crippen molar-refractivity contribution in [3.63, 3.8) is 0 Å². The molecule has 1 aromatic carbocycles. The minimum Gasteiger partial charge on any atom is -0.493 e. The maximum atomic E-state index is 11.9. The van der Waals surface area contributed by atoms with Crippen LogP contribution < -0.4 is 14.9 Å². The van der Waals surface area contributed by atoms with Crippen LogP contribution in [-0.4, -0.2) is 30.8 Å². The van der Waals surface area contributed by atoms with Gasteiger partial charge in [-0.3, -0.25) is 9.78 Å². The van der Waals surface area contributed by atoms with Crippen molar-refractivity contribution in [2.24, 2.45) is 5.10 Å². The van der Waals surface area contributed by atoms with E-state index < -0.39 is 0 Å². The zero-order valence-electron chi connectivity index (χ0n) is 13.4. The minimum absolute atomic E-state index is 0.313. The van der Waals surface area contributed by atoms with Crippen molar-refractivity contribution < 1.29 is 14.3 Å². The highest BCUT2D eigenvalue weighted by Gasteiger charge is 2.05. The summed E-state index contributed by atoms with van der Waals surface area (Å²) in [7, 11) is 1.57. The number of nitrogens with zero attached hydrogens (tertiary/aromatic N) is 2. The second kappa shape index (κ2) is 7.93. The number of hydrazone groups is 1. The number of nitrogens with one attached hydrogen (secondary N) is 1. The lowest BCUT2D eigenvalue weighted by molar-refractivity contribution is 0.0955. The van der Waals surface area contributed by atoms with E-state index in [-0.39, 0.29) is 5.91 Å². The topological polar surface area (TPSA) is 72.8 Å². The van der Waals surface area contributed by atoms with E-state index in [0.29, 0.717) is 23.7 Å².